The molecular weight excluding hydrogens is 344 g/mol. The Hall–Kier alpha value is -2.91. The van der Waals surface area contributed by atoms with Gasteiger partial charge in [0, 0.05) is 46.7 Å². The molecule has 1 aliphatic heterocycles. The number of aryl methyl sites for hydroxylation is 1. The summed E-state index contributed by atoms with van der Waals surface area (Å²) in [6.45, 7) is 2.87. The predicted molar refractivity (Wildman–Crippen MR) is 107 cm³/mol. The lowest BCUT2D eigenvalue weighted by molar-refractivity contribution is 1.05. The minimum atomic E-state index is -0.0703. The molecule has 2 aromatic carbocycles. The Kier molecular flexibility index (Phi) is 4.09. The molecule has 1 aromatic heterocycles. The van der Waals surface area contributed by atoms with Crippen LogP contribution in [0.15, 0.2) is 46.2 Å². The van der Waals surface area contributed by atoms with Crippen molar-refractivity contribution in [3.05, 3.63) is 63.6 Å². The van der Waals surface area contributed by atoms with E-state index in [2.05, 4.69) is 20.7 Å². The molecule has 0 fully saturated rings. The average Bonchev–Trinajstić information content (AvgIpc) is 3.07. The summed E-state index contributed by atoms with van der Waals surface area (Å²) in [4.78, 5) is 16.0. The summed E-state index contributed by atoms with van der Waals surface area (Å²) in [5, 5.41) is 14.2. The van der Waals surface area contributed by atoms with Gasteiger partial charge in [-0.15, -0.1) is 0 Å². The number of fused-ring (bicyclic) bond motifs is 2. The molecule has 2 heterocycles. The maximum atomic E-state index is 12.2. The Morgan fingerprint density at radius 3 is 2.96 bits per heavy atom. The molecule has 0 saturated heterocycles. The first-order chi connectivity index (χ1) is 12.6. The highest BCUT2D eigenvalue weighted by atomic mass is 32.2. The Bertz CT molecular complexity index is 1110. The summed E-state index contributed by atoms with van der Waals surface area (Å²) in [6.07, 6.45) is 2.69. The van der Waals surface area contributed by atoms with E-state index < -0.39 is 0 Å². The number of rotatable bonds is 3. The third-order valence-corrected chi connectivity index (χ3v) is 5.89. The number of nitriles is 1. The van der Waals surface area contributed by atoms with Gasteiger partial charge >= 0.3 is 0 Å². The van der Waals surface area contributed by atoms with Gasteiger partial charge in [0.1, 0.15) is 0 Å². The van der Waals surface area contributed by atoms with Gasteiger partial charge in [0.25, 0.3) is 5.56 Å². The predicted octanol–water partition coefficient (Wildman–Crippen LogP) is 3.82. The number of nitrogens with zero attached hydrogens (tertiary/aromatic N) is 2. The molecule has 26 heavy (non-hydrogen) atoms. The van der Waals surface area contributed by atoms with Gasteiger partial charge in [0.15, 0.2) is 0 Å². The number of aromatic nitrogens is 1. The van der Waals surface area contributed by atoms with Crippen LogP contribution in [0, 0.1) is 18.3 Å². The summed E-state index contributed by atoms with van der Waals surface area (Å²) >= 11 is 1.63. The van der Waals surface area contributed by atoms with E-state index in [9.17, 15) is 10.1 Å². The summed E-state index contributed by atoms with van der Waals surface area (Å²) in [7, 11) is 1.88. The van der Waals surface area contributed by atoms with Crippen LogP contribution in [0.25, 0.3) is 10.8 Å². The zero-order chi connectivity index (χ0) is 18.3. The first-order valence-electron chi connectivity index (χ1n) is 8.43. The SMILES string of the molecule is CNc1cc(C#N)cc2c1CCN2Sc1cccc2c(=O)[nH]cc(C)c12. The zero-order valence-electron chi connectivity index (χ0n) is 14.6. The topological polar surface area (TPSA) is 71.9 Å². The maximum Gasteiger partial charge on any atom is 0.255 e. The molecular formula is C20H18N4OS. The Morgan fingerprint density at radius 1 is 1.35 bits per heavy atom. The molecule has 5 nitrogen and oxygen atoms in total. The summed E-state index contributed by atoms with van der Waals surface area (Å²) < 4.78 is 2.21. The number of nitrogens with one attached hydrogen (secondary N) is 2. The Labute approximate surface area is 155 Å². The highest BCUT2D eigenvalue weighted by Gasteiger charge is 2.24. The fourth-order valence-electron chi connectivity index (χ4n) is 3.50. The third-order valence-electron chi connectivity index (χ3n) is 4.75. The second kappa shape index (κ2) is 6.43. The van der Waals surface area contributed by atoms with Gasteiger partial charge in [0.2, 0.25) is 0 Å². The third kappa shape index (κ3) is 2.61. The van der Waals surface area contributed by atoms with Crippen LogP contribution < -0.4 is 15.2 Å². The quantitative estimate of drug-likeness (QED) is 0.693. The minimum absolute atomic E-state index is 0.0703. The summed E-state index contributed by atoms with van der Waals surface area (Å²) in [5.74, 6) is 0. The van der Waals surface area contributed by atoms with Gasteiger partial charge in [-0.25, -0.2) is 0 Å². The number of aromatic amines is 1. The number of hydrogen-bond donors (Lipinski definition) is 2. The van der Waals surface area contributed by atoms with Crippen LogP contribution in [0.5, 0.6) is 0 Å². The van der Waals surface area contributed by atoms with Crippen molar-refractivity contribution in [2.45, 2.75) is 18.2 Å². The summed E-state index contributed by atoms with van der Waals surface area (Å²) in [5.41, 5.74) is 4.92. The maximum absolute atomic E-state index is 12.2. The first kappa shape index (κ1) is 16.6. The number of pyridine rings is 1. The van der Waals surface area contributed by atoms with Crippen molar-refractivity contribution in [3.63, 3.8) is 0 Å². The molecule has 0 amide bonds. The second-order valence-electron chi connectivity index (χ2n) is 6.31. The largest absolute Gasteiger partial charge is 0.388 e. The number of anilines is 2. The highest BCUT2D eigenvalue weighted by molar-refractivity contribution is 8.00. The lowest BCUT2D eigenvalue weighted by Crippen LogP contribution is -2.11. The molecule has 0 saturated carbocycles. The highest BCUT2D eigenvalue weighted by Crippen LogP contribution is 2.42. The van der Waals surface area contributed by atoms with E-state index in [0.717, 1.165) is 40.2 Å². The molecule has 4 rings (SSSR count). The van der Waals surface area contributed by atoms with E-state index in [0.29, 0.717) is 10.9 Å². The fourth-order valence-corrected chi connectivity index (χ4v) is 4.69. The van der Waals surface area contributed by atoms with Crippen LogP contribution in [0.1, 0.15) is 16.7 Å². The van der Waals surface area contributed by atoms with E-state index in [1.54, 1.807) is 18.1 Å². The smallest absolute Gasteiger partial charge is 0.255 e. The number of hydrogen-bond acceptors (Lipinski definition) is 5. The molecule has 130 valence electrons. The molecule has 1 aliphatic rings. The van der Waals surface area contributed by atoms with E-state index in [1.165, 1.54) is 5.56 Å². The van der Waals surface area contributed by atoms with E-state index in [4.69, 9.17) is 0 Å². The van der Waals surface area contributed by atoms with Crippen LogP contribution in [-0.4, -0.2) is 18.6 Å². The zero-order valence-corrected chi connectivity index (χ0v) is 15.4. The lowest BCUT2D eigenvalue weighted by Gasteiger charge is -2.20. The van der Waals surface area contributed by atoms with Gasteiger partial charge in [-0.3, -0.25) is 4.79 Å². The van der Waals surface area contributed by atoms with Crippen LogP contribution in [0.4, 0.5) is 11.4 Å². The molecule has 0 spiro atoms. The molecule has 6 heteroatoms. The van der Waals surface area contributed by atoms with Crippen molar-refractivity contribution in [2.24, 2.45) is 0 Å². The van der Waals surface area contributed by atoms with Crippen molar-refractivity contribution in [3.8, 4) is 6.07 Å². The van der Waals surface area contributed by atoms with E-state index in [-0.39, 0.29) is 5.56 Å². The van der Waals surface area contributed by atoms with E-state index >= 15 is 0 Å². The molecule has 0 aliphatic carbocycles. The number of H-pyrrole nitrogens is 1. The van der Waals surface area contributed by atoms with Crippen molar-refractivity contribution < 1.29 is 0 Å². The molecule has 0 radical (unpaired) electrons. The normalized spacial score (nSPS) is 12.9. The molecule has 0 bridgehead atoms. The van der Waals surface area contributed by atoms with Crippen molar-refractivity contribution in [1.29, 1.82) is 5.26 Å². The van der Waals surface area contributed by atoms with Crippen LogP contribution in [-0.2, 0) is 6.42 Å². The van der Waals surface area contributed by atoms with E-state index in [1.807, 2.05) is 44.3 Å². The monoisotopic (exact) mass is 362 g/mol. The van der Waals surface area contributed by atoms with Gasteiger partial charge in [-0.2, -0.15) is 5.26 Å². The molecule has 0 unspecified atom stereocenters. The summed E-state index contributed by atoms with van der Waals surface area (Å²) in [6, 6.07) is 11.9. The van der Waals surface area contributed by atoms with Crippen molar-refractivity contribution >= 4 is 34.1 Å². The second-order valence-corrected chi connectivity index (χ2v) is 7.37. The lowest BCUT2D eigenvalue weighted by atomic mass is 10.1. The minimum Gasteiger partial charge on any atom is -0.388 e. The van der Waals surface area contributed by atoms with Gasteiger partial charge in [-0.1, -0.05) is 6.07 Å². The Balaban J connectivity index is 1.81. The molecule has 3 aromatic rings. The number of benzene rings is 2. The van der Waals surface area contributed by atoms with Gasteiger partial charge < -0.3 is 14.6 Å². The van der Waals surface area contributed by atoms with Crippen LogP contribution in [0.2, 0.25) is 0 Å². The van der Waals surface area contributed by atoms with Gasteiger partial charge in [-0.05, 0) is 55.1 Å². The standard InChI is InChI=1S/C20H18N4OS/c1-12-11-23-20(25)15-4-3-5-18(19(12)15)26-24-7-6-14-16(22-2)8-13(10-21)9-17(14)24/h3-5,8-9,11,22H,6-7H2,1-2H3,(H,23,25). The molecule has 0 atom stereocenters. The van der Waals surface area contributed by atoms with Gasteiger partial charge in [0.05, 0.1) is 17.3 Å². The fraction of sp³-hybridized carbons (Fsp3) is 0.200. The Morgan fingerprint density at radius 2 is 2.19 bits per heavy atom. The van der Waals surface area contributed by atoms with Crippen LogP contribution in [0.3, 0.4) is 0 Å². The van der Waals surface area contributed by atoms with Crippen molar-refractivity contribution in [1.82, 2.24) is 4.98 Å². The molecule has 2 N–H and O–H groups in total. The van der Waals surface area contributed by atoms with Crippen molar-refractivity contribution in [2.75, 3.05) is 23.2 Å². The van der Waals surface area contributed by atoms with Crippen LogP contribution >= 0.6 is 11.9 Å². The first-order valence-corrected chi connectivity index (χ1v) is 9.21. The average molecular weight is 362 g/mol.